The van der Waals surface area contributed by atoms with Gasteiger partial charge in [0.25, 0.3) is 0 Å². The van der Waals surface area contributed by atoms with Crippen LogP contribution in [0.1, 0.15) is 11.1 Å². The number of hydrogen-bond donors (Lipinski definition) is 0. The molecule has 0 radical (unpaired) electrons. The molecule has 8 rings (SSSR count). The van der Waals surface area contributed by atoms with Crippen molar-refractivity contribution in [1.29, 1.82) is 0 Å². The largest absolute Gasteiger partial charge is 2.00 e. The summed E-state index contributed by atoms with van der Waals surface area (Å²) in [5.41, 5.74) is 1.88. The molecule has 0 fully saturated rings. The maximum Gasteiger partial charge on any atom is 2.00 e. The summed E-state index contributed by atoms with van der Waals surface area (Å²) in [5.74, 6) is 2.28. The zero-order valence-corrected chi connectivity index (χ0v) is 34.9. The average Bonchev–Trinajstić information content (AvgIpc) is 3.27. The third-order valence-electron chi connectivity index (χ3n) is 8.27. The quantitative estimate of drug-likeness (QED) is 0.0849. The van der Waals surface area contributed by atoms with Gasteiger partial charge in [-0.2, -0.15) is 30.4 Å². The Morgan fingerprint density at radius 3 is 0.691 bits per heavy atom. The molecule has 0 spiro atoms. The summed E-state index contributed by atoms with van der Waals surface area (Å²) >= 11 is 0. The van der Waals surface area contributed by atoms with E-state index in [0.29, 0.717) is 0 Å². The number of benzene rings is 8. The molecule has 0 aliphatic heterocycles. The van der Waals surface area contributed by atoms with Gasteiger partial charge in [0.2, 0.25) is 0 Å². The second-order valence-electron chi connectivity index (χ2n) is 12.0. The average molecular weight is 926 g/mol. The van der Waals surface area contributed by atoms with Crippen LogP contribution >= 0.6 is 15.8 Å². The molecule has 0 N–H and O–H groups in total. The van der Waals surface area contributed by atoms with Crippen molar-refractivity contribution in [3.63, 3.8) is 0 Å². The van der Waals surface area contributed by atoms with Gasteiger partial charge in [0.05, 0.1) is 15.8 Å². The summed E-state index contributed by atoms with van der Waals surface area (Å²) in [6.07, 6.45) is 9.47. The van der Waals surface area contributed by atoms with Gasteiger partial charge in [-0.1, -0.05) is 133 Å². The van der Waals surface area contributed by atoms with Crippen LogP contribution in [0, 0.1) is 18.4 Å². The molecule has 0 aliphatic rings. The van der Waals surface area contributed by atoms with Gasteiger partial charge in [-0.25, -0.2) is 0 Å². The Balaban J connectivity index is 0.000000175. The Morgan fingerprint density at radius 2 is 0.527 bits per heavy atom. The van der Waals surface area contributed by atoms with E-state index < -0.39 is 15.8 Å². The first kappa shape index (κ1) is 42.4. The fraction of sp³-hybridized carbons (Fsp3) is 0. The third kappa shape index (κ3) is 14.1. The van der Waals surface area contributed by atoms with Crippen molar-refractivity contribution in [3.8, 4) is 5.92 Å². The van der Waals surface area contributed by atoms with Gasteiger partial charge in [-0.15, -0.1) is 29.8 Å². The molecule has 0 unspecified atom stereocenters. The van der Waals surface area contributed by atoms with Crippen LogP contribution in [0.2, 0.25) is 0 Å². The minimum absolute atomic E-state index is 0. The van der Waals surface area contributed by atoms with Crippen LogP contribution in [-0.4, -0.2) is 0 Å². The molecule has 0 atom stereocenters. The van der Waals surface area contributed by atoms with Crippen molar-refractivity contribution < 1.29 is 21.1 Å². The Kier molecular flexibility index (Phi) is 19.1. The molecule has 0 saturated heterocycles. The molecule has 8 aromatic rings. The van der Waals surface area contributed by atoms with Crippen molar-refractivity contribution in [1.82, 2.24) is 0 Å². The first-order chi connectivity index (χ1) is 26.8. The van der Waals surface area contributed by atoms with E-state index in [4.69, 9.17) is 6.42 Å². The molecule has 0 bridgehead atoms. The predicted octanol–water partition coefficient (Wildman–Crippen LogP) is 10.0. The minimum atomic E-state index is -0.877. The Hall–Kier alpha value is -5.39. The zero-order chi connectivity index (χ0) is 37.5. The summed E-state index contributed by atoms with van der Waals surface area (Å²) in [4.78, 5) is 0. The van der Waals surface area contributed by atoms with Crippen molar-refractivity contribution in [3.05, 3.63) is 273 Å². The van der Waals surface area contributed by atoms with Gasteiger partial charge in [-0.3, -0.25) is 5.92 Å². The zero-order valence-electron chi connectivity index (χ0n) is 30.6. The predicted molar refractivity (Wildman–Crippen MR) is 240 cm³/mol. The van der Waals surface area contributed by atoms with E-state index in [1.54, 1.807) is 0 Å². The van der Waals surface area contributed by atoms with Crippen molar-refractivity contribution >= 4 is 47.7 Å². The third-order valence-corrected chi connectivity index (χ3v) is 13.7. The van der Waals surface area contributed by atoms with Crippen molar-refractivity contribution in [2.75, 3.05) is 0 Å². The van der Waals surface area contributed by atoms with Crippen LogP contribution < -0.4 is 31.8 Å². The first-order valence-corrected chi connectivity index (χ1v) is 20.9. The van der Waals surface area contributed by atoms with E-state index in [0.717, 1.165) is 11.1 Å². The summed E-state index contributed by atoms with van der Waals surface area (Å²) in [6, 6.07) is 84.2. The van der Waals surface area contributed by atoms with Crippen LogP contribution in [-0.2, 0) is 21.1 Å². The van der Waals surface area contributed by atoms with E-state index in [1.807, 2.05) is 60.7 Å². The molecule has 0 nitrogen and oxygen atoms in total. The van der Waals surface area contributed by atoms with Crippen LogP contribution in [0.3, 0.4) is 0 Å². The van der Waals surface area contributed by atoms with Gasteiger partial charge in [0.15, 0.2) is 0 Å². The molecule has 0 aromatic heterocycles. The standard InChI is InChI=1S/2C18H15P.C8H7.C8H5.Pt/c2*1-4-10-16(11-5-1)19(17-12-6-2-7-13-17)18-14-8-3-9-15-18;2*1-2-8-6-4-3-5-7-8;/h2*1-15H;3-7H,1H2;3-7H;/q;;2*-1;+2/p+2. The molecule has 0 heterocycles. The molecule has 3 heteroatoms. The van der Waals surface area contributed by atoms with E-state index >= 15 is 0 Å². The van der Waals surface area contributed by atoms with Crippen LogP contribution in [0.4, 0.5) is 0 Å². The van der Waals surface area contributed by atoms with E-state index in [-0.39, 0.29) is 21.1 Å². The van der Waals surface area contributed by atoms with Gasteiger partial charge in [0.1, 0.15) is 31.8 Å². The fourth-order valence-corrected chi connectivity index (χ4v) is 10.9. The van der Waals surface area contributed by atoms with Crippen LogP contribution in [0.25, 0.3) is 0 Å². The normalized spacial score (nSPS) is 9.69. The van der Waals surface area contributed by atoms with Crippen molar-refractivity contribution in [2.45, 2.75) is 0 Å². The summed E-state index contributed by atoms with van der Waals surface area (Å²) < 4.78 is 0. The maximum atomic E-state index is 6.69. The van der Waals surface area contributed by atoms with Gasteiger partial charge >= 0.3 is 21.1 Å². The topological polar surface area (TPSA) is 0 Å². The van der Waals surface area contributed by atoms with Crippen LogP contribution in [0.15, 0.2) is 249 Å². The smallest absolute Gasteiger partial charge is 0.366 e. The summed E-state index contributed by atoms with van der Waals surface area (Å²) in [5, 5.41) is 8.61. The van der Waals surface area contributed by atoms with Gasteiger partial charge < -0.3 is 6.42 Å². The first-order valence-electron chi connectivity index (χ1n) is 17.9. The van der Waals surface area contributed by atoms with E-state index in [9.17, 15) is 0 Å². The Morgan fingerprint density at radius 1 is 0.327 bits per heavy atom. The SMILES string of the molecule is C=[C-]c1ccccc1.[C-]#Cc1ccccc1.[Pt+2].c1ccc([PH+](c2ccccc2)c2ccccc2)cc1.c1ccc([PH+](c2ccccc2)c2ccccc2)cc1. The Bertz CT molecular complexity index is 1900. The second-order valence-corrected chi connectivity index (χ2v) is 16.9. The molecule has 270 valence electrons. The monoisotopic (exact) mass is 925 g/mol. The van der Waals surface area contributed by atoms with E-state index in [1.165, 1.54) is 31.8 Å². The molecule has 0 aliphatic carbocycles. The number of hydrogen-bond acceptors (Lipinski definition) is 0. The number of rotatable bonds is 7. The molecule has 55 heavy (non-hydrogen) atoms. The summed E-state index contributed by atoms with van der Waals surface area (Å²) in [6.45, 7) is 3.51. The van der Waals surface area contributed by atoms with Gasteiger partial charge in [0, 0.05) is 0 Å². The van der Waals surface area contributed by atoms with Crippen LogP contribution in [0.5, 0.6) is 0 Å². The Labute approximate surface area is 345 Å². The summed E-state index contributed by atoms with van der Waals surface area (Å²) in [7, 11) is -1.75. The molecular formula is C52H44P2Pt+2. The second kappa shape index (κ2) is 24.8. The van der Waals surface area contributed by atoms with E-state index in [2.05, 4.69) is 201 Å². The molecule has 8 aromatic carbocycles. The maximum absolute atomic E-state index is 6.69. The fourth-order valence-electron chi connectivity index (χ4n) is 5.71. The van der Waals surface area contributed by atoms with Crippen molar-refractivity contribution in [2.24, 2.45) is 0 Å². The minimum Gasteiger partial charge on any atom is -0.366 e. The molecular weight excluding hydrogens is 882 g/mol. The van der Waals surface area contributed by atoms with Gasteiger partial charge in [-0.05, 0) is 72.8 Å². The molecule has 0 amide bonds. The molecule has 0 saturated carbocycles.